The summed E-state index contributed by atoms with van der Waals surface area (Å²) in [5.41, 5.74) is 4.25. The molecular formula is C12H11F2N3O3. The minimum atomic E-state index is -1.30. The first-order valence-corrected chi connectivity index (χ1v) is 5.76. The summed E-state index contributed by atoms with van der Waals surface area (Å²) in [5.74, 6) is -3.46. The number of nitrogens with zero attached hydrogens (tertiary/aromatic N) is 1. The molecule has 0 aliphatic heterocycles. The van der Waals surface area contributed by atoms with Gasteiger partial charge in [-0.1, -0.05) is 12.2 Å². The Morgan fingerprint density at radius 2 is 2.05 bits per heavy atom. The first-order chi connectivity index (χ1) is 9.38. The van der Waals surface area contributed by atoms with E-state index in [1.165, 1.54) is 0 Å². The number of benzene rings is 1. The third-order valence-electron chi connectivity index (χ3n) is 2.94. The minimum Gasteiger partial charge on any atom is -0.324 e. The number of rotatable bonds is 3. The van der Waals surface area contributed by atoms with Crippen molar-refractivity contribution in [3.05, 3.63) is 46.0 Å². The second-order valence-corrected chi connectivity index (χ2v) is 4.42. The molecule has 0 spiro atoms. The molecule has 0 fully saturated rings. The lowest BCUT2D eigenvalue weighted by Gasteiger charge is -2.11. The highest BCUT2D eigenvalue weighted by molar-refractivity contribution is 5.94. The molecule has 0 bridgehead atoms. The summed E-state index contributed by atoms with van der Waals surface area (Å²) < 4.78 is 26.6. The molecule has 6 nitrogen and oxygen atoms in total. The van der Waals surface area contributed by atoms with E-state index in [2.05, 4.69) is 5.32 Å². The maximum absolute atomic E-state index is 13.5. The van der Waals surface area contributed by atoms with Gasteiger partial charge in [0.2, 0.25) is 11.7 Å². The molecule has 0 aromatic heterocycles. The van der Waals surface area contributed by atoms with Crippen molar-refractivity contribution >= 4 is 17.3 Å². The van der Waals surface area contributed by atoms with Gasteiger partial charge in [-0.3, -0.25) is 14.9 Å². The third kappa shape index (κ3) is 2.80. The molecule has 20 heavy (non-hydrogen) atoms. The van der Waals surface area contributed by atoms with Crippen LogP contribution in [0.25, 0.3) is 0 Å². The predicted molar refractivity (Wildman–Crippen MR) is 66.9 cm³/mol. The number of halogens is 2. The molecule has 2 unspecified atom stereocenters. The van der Waals surface area contributed by atoms with Gasteiger partial charge in [-0.05, 0) is 6.42 Å². The Balaban J connectivity index is 2.21. The van der Waals surface area contributed by atoms with Gasteiger partial charge in [-0.25, -0.2) is 4.39 Å². The number of nitro benzene ring substituents is 1. The zero-order valence-electron chi connectivity index (χ0n) is 10.2. The van der Waals surface area contributed by atoms with Crippen LogP contribution in [0.5, 0.6) is 0 Å². The molecular weight excluding hydrogens is 272 g/mol. The number of hydrogen-bond acceptors (Lipinski definition) is 4. The van der Waals surface area contributed by atoms with Gasteiger partial charge in [0.25, 0.3) is 0 Å². The summed E-state index contributed by atoms with van der Waals surface area (Å²) >= 11 is 0. The second kappa shape index (κ2) is 5.33. The second-order valence-electron chi connectivity index (χ2n) is 4.42. The fourth-order valence-electron chi connectivity index (χ4n) is 1.92. The van der Waals surface area contributed by atoms with Gasteiger partial charge in [-0.2, -0.15) is 4.39 Å². The molecule has 2 rings (SSSR count). The molecule has 2 atom stereocenters. The van der Waals surface area contributed by atoms with Crippen molar-refractivity contribution in [1.82, 2.24) is 0 Å². The van der Waals surface area contributed by atoms with Crippen LogP contribution in [0.15, 0.2) is 24.3 Å². The van der Waals surface area contributed by atoms with Crippen molar-refractivity contribution in [2.45, 2.75) is 12.5 Å². The smallest absolute Gasteiger partial charge is 0.307 e. The molecule has 1 aromatic carbocycles. The molecule has 1 amide bonds. The normalized spacial score (nSPS) is 20.9. The summed E-state index contributed by atoms with van der Waals surface area (Å²) in [5, 5.41) is 12.8. The molecule has 0 radical (unpaired) electrons. The van der Waals surface area contributed by atoms with E-state index in [1.807, 2.05) is 0 Å². The molecule has 1 aliphatic rings. The summed E-state index contributed by atoms with van der Waals surface area (Å²) in [4.78, 5) is 21.4. The first kappa shape index (κ1) is 14.1. The Hall–Kier alpha value is -2.35. The number of hydrogen-bond donors (Lipinski definition) is 2. The standard InChI is InChI=1S/C12H11F2N3O3/c13-8-4-9(14)11(17(19)20)5-10(8)16-12(18)6-1-2-7(15)3-6/h1-2,4-7H,3,15H2,(H,16,18). The minimum absolute atomic E-state index is 0.252. The summed E-state index contributed by atoms with van der Waals surface area (Å²) in [6.45, 7) is 0. The fourth-order valence-corrected chi connectivity index (χ4v) is 1.92. The Morgan fingerprint density at radius 3 is 2.60 bits per heavy atom. The number of nitro groups is 1. The van der Waals surface area contributed by atoms with Crippen molar-refractivity contribution in [2.24, 2.45) is 11.7 Å². The van der Waals surface area contributed by atoms with Gasteiger partial charge >= 0.3 is 5.69 Å². The van der Waals surface area contributed by atoms with Crippen LogP contribution in [0.4, 0.5) is 20.2 Å². The van der Waals surface area contributed by atoms with Crippen molar-refractivity contribution in [2.75, 3.05) is 5.32 Å². The molecule has 0 saturated carbocycles. The van der Waals surface area contributed by atoms with Gasteiger partial charge in [0.15, 0.2) is 0 Å². The number of amides is 1. The van der Waals surface area contributed by atoms with Crippen LogP contribution in [0.3, 0.4) is 0 Å². The number of carbonyl (C=O) groups is 1. The Labute approximate surface area is 112 Å². The lowest BCUT2D eigenvalue weighted by molar-refractivity contribution is -0.387. The van der Waals surface area contributed by atoms with Crippen LogP contribution >= 0.6 is 0 Å². The Morgan fingerprint density at radius 1 is 1.35 bits per heavy atom. The van der Waals surface area contributed by atoms with E-state index in [0.717, 1.165) is 0 Å². The zero-order valence-corrected chi connectivity index (χ0v) is 10.2. The maximum atomic E-state index is 13.5. The number of nitrogens with one attached hydrogen (secondary N) is 1. The molecule has 0 saturated heterocycles. The topological polar surface area (TPSA) is 98.3 Å². The number of anilines is 1. The van der Waals surface area contributed by atoms with E-state index < -0.39 is 39.8 Å². The van der Waals surface area contributed by atoms with E-state index in [9.17, 15) is 23.7 Å². The lowest BCUT2D eigenvalue weighted by atomic mass is 10.1. The summed E-state index contributed by atoms with van der Waals surface area (Å²) in [7, 11) is 0. The van der Waals surface area contributed by atoms with E-state index in [0.29, 0.717) is 18.6 Å². The Kier molecular flexibility index (Phi) is 3.75. The van der Waals surface area contributed by atoms with Gasteiger partial charge in [0.05, 0.1) is 16.5 Å². The number of nitrogens with two attached hydrogens (primary N) is 1. The van der Waals surface area contributed by atoms with Crippen LogP contribution in [0.2, 0.25) is 0 Å². The van der Waals surface area contributed by atoms with E-state index in [-0.39, 0.29) is 6.04 Å². The van der Waals surface area contributed by atoms with E-state index in [1.54, 1.807) is 12.2 Å². The third-order valence-corrected chi connectivity index (χ3v) is 2.94. The van der Waals surface area contributed by atoms with Crippen LogP contribution in [0, 0.1) is 27.7 Å². The SMILES string of the molecule is NC1C=CC(C(=O)Nc2cc([N+](=O)[O-])c(F)cc2F)C1. The highest BCUT2D eigenvalue weighted by Crippen LogP contribution is 2.26. The predicted octanol–water partition coefficient (Wildman–Crippen LogP) is 1.71. The molecule has 3 N–H and O–H groups in total. The highest BCUT2D eigenvalue weighted by atomic mass is 19.1. The fraction of sp³-hybridized carbons (Fsp3) is 0.250. The van der Waals surface area contributed by atoms with E-state index >= 15 is 0 Å². The monoisotopic (exact) mass is 283 g/mol. The van der Waals surface area contributed by atoms with Crippen molar-refractivity contribution < 1.29 is 18.5 Å². The Bertz CT molecular complexity index is 604. The quantitative estimate of drug-likeness (QED) is 0.501. The van der Waals surface area contributed by atoms with Gasteiger partial charge in [0, 0.05) is 18.2 Å². The van der Waals surface area contributed by atoms with Crippen LogP contribution in [-0.2, 0) is 4.79 Å². The summed E-state index contributed by atoms with van der Waals surface area (Å²) in [6.07, 6.45) is 3.60. The van der Waals surface area contributed by atoms with Crippen LogP contribution in [-0.4, -0.2) is 16.9 Å². The molecule has 1 aliphatic carbocycles. The van der Waals surface area contributed by atoms with Crippen LogP contribution < -0.4 is 11.1 Å². The lowest BCUT2D eigenvalue weighted by Crippen LogP contribution is -2.24. The highest BCUT2D eigenvalue weighted by Gasteiger charge is 2.25. The van der Waals surface area contributed by atoms with Crippen molar-refractivity contribution in [1.29, 1.82) is 0 Å². The zero-order chi connectivity index (χ0) is 14.9. The molecule has 8 heteroatoms. The van der Waals surface area contributed by atoms with Gasteiger partial charge < -0.3 is 11.1 Å². The maximum Gasteiger partial charge on any atom is 0.307 e. The van der Waals surface area contributed by atoms with Crippen molar-refractivity contribution in [3.63, 3.8) is 0 Å². The average molecular weight is 283 g/mol. The molecule has 0 heterocycles. The first-order valence-electron chi connectivity index (χ1n) is 5.76. The van der Waals surface area contributed by atoms with Crippen molar-refractivity contribution in [3.8, 4) is 0 Å². The van der Waals surface area contributed by atoms with Crippen LogP contribution in [0.1, 0.15) is 6.42 Å². The molecule has 106 valence electrons. The molecule has 1 aromatic rings. The van der Waals surface area contributed by atoms with Gasteiger partial charge in [0.1, 0.15) is 5.82 Å². The van der Waals surface area contributed by atoms with Gasteiger partial charge in [-0.15, -0.1) is 0 Å². The largest absolute Gasteiger partial charge is 0.324 e. The van der Waals surface area contributed by atoms with E-state index in [4.69, 9.17) is 5.73 Å². The summed E-state index contributed by atoms with van der Waals surface area (Å²) in [6, 6.07) is 0.767. The average Bonchev–Trinajstić information content (AvgIpc) is 2.79. The number of carbonyl (C=O) groups excluding carboxylic acids is 1.